The molecule has 0 saturated carbocycles. The summed E-state index contributed by atoms with van der Waals surface area (Å²) in [5, 5.41) is 7.41. The van der Waals surface area contributed by atoms with Gasteiger partial charge >= 0.3 is 0 Å². The molecular formula is C17H18BrClN2O2S. The molecule has 0 unspecified atom stereocenters. The van der Waals surface area contributed by atoms with Crippen LogP contribution >= 0.6 is 39.7 Å². The van der Waals surface area contributed by atoms with Gasteiger partial charge in [0.2, 0.25) is 0 Å². The lowest BCUT2D eigenvalue weighted by Crippen LogP contribution is -2.30. The summed E-state index contributed by atoms with van der Waals surface area (Å²) >= 11 is 14.8. The highest BCUT2D eigenvalue weighted by atomic mass is 79.9. The molecule has 0 heterocycles. The van der Waals surface area contributed by atoms with Gasteiger partial charge in [0, 0.05) is 11.6 Å². The largest absolute Gasteiger partial charge is 0.496 e. The number of rotatable bonds is 6. The van der Waals surface area contributed by atoms with Crippen molar-refractivity contribution in [1.29, 1.82) is 0 Å². The van der Waals surface area contributed by atoms with Crippen molar-refractivity contribution in [3.8, 4) is 11.5 Å². The molecule has 0 bridgehead atoms. The van der Waals surface area contributed by atoms with E-state index in [4.69, 9.17) is 33.3 Å². The van der Waals surface area contributed by atoms with E-state index in [9.17, 15) is 0 Å². The molecule has 0 aromatic heterocycles. The van der Waals surface area contributed by atoms with Crippen LogP contribution in [-0.2, 0) is 6.42 Å². The molecule has 2 aromatic rings. The molecule has 0 amide bonds. The summed E-state index contributed by atoms with van der Waals surface area (Å²) in [6, 6.07) is 11.3. The third kappa shape index (κ3) is 5.26. The first kappa shape index (κ1) is 18.8. The van der Waals surface area contributed by atoms with Gasteiger partial charge in [0.05, 0.1) is 24.4 Å². The van der Waals surface area contributed by atoms with Crippen LogP contribution in [0.25, 0.3) is 0 Å². The molecule has 2 rings (SSSR count). The first-order valence-electron chi connectivity index (χ1n) is 7.24. The van der Waals surface area contributed by atoms with Gasteiger partial charge in [0.25, 0.3) is 0 Å². The van der Waals surface area contributed by atoms with Gasteiger partial charge in [0.15, 0.2) is 5.11 Å². The monoisotopic (exact) mass is 428 g/mol. The molecule has 0 spiro atoms. The topological polar surface area (TPSA) is 42.5 Å². The average molecular weight is 430 g/mol. The summed E-state index contributed by atoms with van der Waals surface area (Å²) in [4.78, 5) is 0. The number of ether oxygens (including phenoxy) is 2. The van der Waals surface area contributed by atoms with Gasteiger partial charge in [-0.25, -0.2) is 0 Å². The van der Waals surface area contributed by atoms with Crippen LogP contribution < -0.4 is 20.1 Å². The lowest BCUT2D eigenvalue weighted by molar-refractivity contribution is 0.412. The van der Waals surface area contributed by atoms with Crippen LogP contribution in [-0.4, -0.2) is 25.9 Å². The van der Waals surface area contributed by atoms with Gasteiger partial charge < -0.3 is 20.1 Å². The van der Waals surface area contributed by atoms with E-state index >= 15 is 0 Å². The zero-order chi connectivity index (χ0) is 17.5. The molecule has 0 aliphatic rings. The summed E-state index contributed by atoms with van der Waals surface area (Å²) < 4.78 is 11.4. The van der Waals surface area contributed by atoms with Gasteiger partial charge in [-0.2, -0.15) is 0 Å². The molecule has 2 aromatic carbocycles. The van der Waals surface area contributed by atoms with Crippen molar-refractivity contribution in [1.82, 2.24) is 5.32 Å². The Morgan fingerprint density at radius 2 is 1.83 bits per heavy atom. The molecule has 0 fully saturated rings. The van der Waals surface area contributed by atoms with Crippen molar-refractivity contribution in [2.75, 3.05) is 26.1 Å². The zero-order valence-electron chi connectivity index (χ0n) is 13.4. The molecule has 0 aliphatic heterocycles. The number of thiocarbonyl (C=S) groups is 1. The Labute approximate surface area is 160 Å². The molecular weight excluding hydrogens is 412 g/mol. The van der Waals surface area contributed by atoms with E-state index in [2.05, 4.69) is 26.6 Å². The van der Waals surface area contributed by atoms with Crippen molar-refractivity contribution in [2.45, 2.75) is 6.42 Å². The smallest absolute Gasteiger partial charge is 0.170 e. The van der Waals surface area contributed by atoms with Crippen molar-refractivity contribution < 1.29 is 9.47 Å². The maximum absolute atomic E-state index is 6.01. The molecule has 0 radical (unpaired) electrons. The van der Waals surface area contributed by atoms with Crippen molar-refractivity contribution in [3.63, 3.8) is 0 Å². The summed E-state index contributed by atoms with van der Waals surface area (Å²) in [6.45, 7) is 0.702. The number of methoxy groups -OCH3 is 2. The number of nitrogens with one attached hydrogen (secondary N) is 2. The van der Waals surface area contributed by atoms with Crippen LogP contribution in [0.15, 0.2) is 40.9 Å². The molecule has 0 aliphatic carbocycles. The summed E-state index contributed by atoms with van der Waals surface area (Å²) in [7, 11) is 3.25. The molecule has 0 saturated heterocycles. The number of anilines is 1. The first-order chi connectivity index (χ1) is 11.5. The van der Waals surface area contributed by atoms with Crippen LogP contribution in [0, 0.1) is 0 Å². The van der Waals surface area contributed by atoms with E-state index < -0.39 is 0 Å². The van der Waals surface area contributed by atoms with E-state index in [1.54, 1.807) is 32.4 Å². The van der Waals surface area contributed by atoms with Crippen molar-refractivity contribution in [3.05, 3.63) is 51.5 Å². The quantitative estimate of drug-likeness (QED) is 0.654. The lowest BCUT2D eigenvalue weighted by Gasteiger charge is -2.14. The number of benzene rings is 2. The summed E-state index contributed by atoms with van der Waals surface area (Å²) in [5.74, 6) is 1.50. The fourth-order valence-electron chi connectivity index (χ4n) is 2.13. The molecule has 4 nitrogen and oxygen atoms in total. The van der Waals surface area contributed by atoms with E-state index in [-0.39, 0.29) is 0 Å². The van der Waals surface area contributed by atoms with Crippen LogP contribution in [0.1, 0.15) is 5.56 Å². The Kier molecular flexibility index (Phi) is 7.15. The van der Waals surface area contributed by atoms with Crippen molar-refractivity contribution >= 4 is 50.5 Å². The van der Waals surface area contributed by atoms with E-state index in [0.717, 1.165) is 22.3 Å². The SMILES string of the molecule is COc1ccc(CCNC(=S)Nc2cc(Cl)ccc2OC)cc1Br. The van der Waals surface area contributed by atoms with E-state index in [1.807, 2.05) is 18.2 Å². The fourth-order valence-corrected chi connectivity index (χ4v) is 3.10. The highest BCUT2D eigenvalue weighted by Gasteiger charge is 2.06. The van der Waals surface area contributed by atoms with Gasteiger partial charge in [-0.3, -0.25) is 0 Å². The van der Waals surface area contributed by atoms with E-state index in [0.29, 0.717) is 22.4 Å². The van der Waals surface area contributed by atoms with Crippen LogP contribution in [0.5, 0.6) is 11.5 Å². The van der Waals surface area contributed by atoms with Crippen LogP contribution in [0.3, 0.4) is 0 Å². The normalized spacial score (nSPS) is 10.2. The van der Waals surface area contributed by atoms with Crippen LogP contribution in [0.2, 0.25) is 5.02 Å². The fraction of sp³-hybridized carbons (Fsp3) is 0.235. The van der Waals surface area contributed by atoms with Gasteiger partial charge in [-0.1, -0.05) is 17.7 Å². The van der Waals surface area contributed by atoms with Crippen molar-refractivity contribution in [2.24, 2.45) is 0 Å². The zero-order valence-corrected chi connectivity index (χ0v) is 16.5. The minimum Gasteiger partial charge on any atom is -0.496 e. The highest BCUT2D eigenvalue weighted by Crippen LogP contribution is 2.27. The minimum absolute atomic E-state index is 0.517. The molecule has 2 N–H and O–H groups in total. The maximum atomic E-state index is 6.01. The van der Waals surface area contributed by atoms with Crippen LogP contribution in [0.4, 0.5) is 5.69 Å². The van der Waals surface area contributed by atoms with Gasteiger partial charge in [0.1, 0.15) is 11.5 Å². The molecule has 7 heteroatoms. The maximum Gasteiger partial charge on any atom is 0.170 e. The second kappa shape index (κ2) is 9.11. The van der Waals surface area contributed by atoms with Gasteiger partial charge in [-0.05, 0) is 70.5 Å². The number of hydrogen-bond acceptors (Lipinski definition) is 3. The third-order valence-electron chi connectivity index (χ3n) is 3.33. The summed E-state index contributed by atoms with van der Waals surface area (Å²) in [6.07, 6.45) is 0.830. The molecule has 24 heavy (non-hydrogen) atoms. The molecule has 128 valence electrons. The van der Waals surface area contributed by atoms with Gasteiger partial charge in [-0.15, -0.1) is 0 Å². The number of hydrogen-bond donors (Lipinski definition) is 2. The second-order valence-corrected chi connectivity index (χ2v) is 6.64. The first-order valence-corrected chi connectivity index (χ1v) is 8.82. The Hall–Kier alpha value is -1.50. The molecule has 0 atom stereocenters. The lowest BCUT2D eigenvalue weighted by atomic mass is 10.1. The minimum atomic E-state index is 0.517. The Bertz CT molecular complexity index is 728. The number of halogens is 2. The second-order valence-electron chi connectivity index (χ2n) is 4.94. The Morgan fingerprint density at radius 1 is 1.12 bits per heavy atom. The Morgan fingerprint density at radius 3 is 2.50 bits per heavy atom. The predicted molar refractivity (Wildman–Crippen MR) is 107 cm³/mol. The average Bonchev–Trinajstić information content (AvgIpc) is 2.55. The highest BCUT2D eigenvalue weighted by molar-refractivity contribution is 9.10. The summed E-state index contributed by atoms with van der Waals surface area (Å²) in [5.41, 5.74) is 1.91. The van der Waals surface area contributed by atoms with E-state index in [1.165, 1.54) is 5.56 Å². The predicted octanol–water partition coefficient (Wildman–Crippen LogP) is 4.65. The Balaban J connectivity index is 1.88. The standard InChI is InChI=1S/C17H18BrClN2O2S/c1-22-15-5-3-11(9-13(15)18)7-8-20-17(24)21-14-10-12(19)4-6-16(14)23-2/h3-6,9-10H,7-8H2,1-2H3,(H2,20,21,24). The third-order valence-corrected chi connectivity index (χ3v) is 4.43.